The third-order valence-corrected chi connectivity index (χ3v) is 7.41. The van der Waals surface area contributed by atoms with Gasteiger partial charge in [0.2, 0.25) is 0 Å². The maximum absolute atomic E-state index is 12.4. The van der Waals surface area contributed by atoms with E-state index in [4.69, 9.17) is 11.6 Å². The molecule has 1 aromatic rings. The summed E-state index contributed by atoms with van der Waals surface area (Å²) < 4.78 is 26.8. The molecule has 1 aliphatic rings. The minimum atomic E-state index is -3.29. The van der Waals surface area contributed by atoms with Crippen LogP contribution >= 0.6 is 22.9 Å². The zero-order valence-electron chi connectivity index (χ0n) is 10.4. The molecular formula is C12H18ClNO2S2. The number of piperidine rings is 1. The fourth-order valence-electron chi connectivity index (χ4n) is 2.25. The van der Waals surface area contributed by atoms with Gasteiger partial charge >= 0.3 is 0 Å². The van der Waals surface area contributed by atoms with Crippen LogP contribution in [0.2, 0.25) is 0 Å². The van der Waals surface area contributed by atoms with Gasteiger partial charge in [-0.25, -0.2) is 8.42 Å². The summed E-state index contributed by atoms with van der Waals surface area (Å²) in [6.07, 6.45) is 3.09. The Balaban J connectivity index is 2.12. The van der Waals surface area contributed by atoms with Crippen molar-refractivity contribution in [1.29, 1.82) is 0 Å². The van der Waals surface area contributed by atoms with Crippen molar-refractivity contribution in [2.45, 2.75) is 36.3 Å². The highest BCUT2D eigenvalue weighted by Crippen LogP contribution is 2.29. The smallest absolute Gasteiger partial charge is 0.206 e. The maximum atomic E-state index is 12.4. The number of nitrogens with zero attached hydrogens (tertiary/aromatic N) is 1. The summed E-state index contributed by atoms with van der Waals surface area (Å²) in [6.45, 7) is 3.46. The Bertz CT molecular complexity index is 490. The van der Waals surface area contributed by atoms with Gasteiger partial charge in [0.05, 0.1) is 5.88 Å². The molecule has 1 aliphatic heterocycles. The first-order valence-corrected chi connectivity index (χ1v) is 9.02. The second kappa shape index (κ2) is 5.90. The minimum Gasteiger partial charge on any atom is -0.206 e. The second-order valence-electron chi connectivity index (χ2n) is 4.61. The summed E-state index contributed by atoms with van der Waals surface area (Å²) in [6, 6.07) is 3.47. The van der Waals surface area contributed by atoms with Crippen molar-refractivity contribution in [2.75, 3.05) is 13.1 Å². The number of alkyl halides is 1. The normalized spacial score (nSPS) is 19.2. The van der Waals surface area contributed by atoms with E-state index in [9.17, 15) is 8.42 Å². The van der Waals surface area contributed by atoms with E-state index in [0.29, 0.717) is 29.1 Å². The van der Waals surface area contributed by atoms with Crippen LogP contribution < -0.4 is 0 Å². The van der Waals surface area contributed by atoms with Crippen LogP contribution in [-0.2, 0) is 15.9 Å². The van der Waals surface area contributed by atoms with Gasteiger partial charge in [0, 0.05) is 18.0 Å². The Morgan fingerprint density at radius 1 is 1.39 bits per heavy atom. The van der Waals surface area contributed by atoms with Crippen LogP contribution in [0.3, 0.4) is 0 Å². The molecule has 0 unspecified atom stereocenters. The van der Waals surface area contributed by atoms with E-state index in [1.54, 1.807) is 16.4 Å². The van der Waals surface area contributed by atoms with Crippen molar-refractivity contribution >= 4 is 33.0 Å². The highest BCUT2D eigenvalue weighted by molar-refractivity contribution is 7.91. The molecule has 1 fully saturated rings. The van der Waals surface area contributed by atoms with E-state index in [1.807, 2.05) is 0 Å². The van der Waals surface area contributed by atoms with Crippen LogP contribution in [0.4, 0.5) is 0 Å². The van der Waals surface area contributed by atoms with Crippen molar-refractivity contribution in [3.05, 3.63) is 17.0 Å². The maximum Gasteiger partial charge on any atom is 0.252 e. The Hall–Kier alpha value is -0.100. The molecule has 0 bridgehead atoms. The Kier molecular flexibility index (Phi) is 4.69. The highest BCUT2D eigenvalue weighted by Gasteiger charge is 2.29. The molecule has 2 rings (SSSR count). The van der Waals surface area contributed by atoms with Crippen molar-refractivity contribution < 1.29 is 8.42 Å². The summed E-state index contributed by atoms with van der Waals surface area (Å²) in [7, 11) is -3.29. The number of sulfonamides is 1. The van der Waals surface area contributed by atoms with Gasteiger partial charge in [-0.05, 0) is 30.9 Å². The lowest BCUT2D eigenvalue weighted by Crippen LogP contribution is -2.37. The highest BCUT2D eigenvalue weighted by atomic mass is 35.5. The Labute approximate surface area is 118 Å². The first-order chi connectivity index (χ1) is 8.57. The van der Waals surface area contributed by atoms with Crippen LogP contribution in [0, 0.1) is 5.92 Å². The number of halogens is 1. The summed E-state index contributed by atoms with van der Waals surface area (Å²) in [5, 5.41) is 0. The summed E-state index contributed by atoms with van der Waals surface area (Å²) in [4.78, 5) is 0.902. The largest absolute Gasteiger partial charge is 0.252 e. The zero-order valence-corrected chi connectivity index (χ0v) is 12.8. The van der Waals surface area contributed by atoms with Crippen molar-refractivity contribution in [1.82, 2.24) is 4.31 Å². The molecule has 18 heavy (non-hydrogen) atoms. The molecule has 0 N–H and O–H groups in total. The lowest BCUT2D eigenvalue weighted by molar-refractivity contribution is 0.269. The van der Waals surface area contributed by atoms with Gasteiger partial charge in [-0.3, -0.25) is 0 Å². The van der Waals surface area contributed by atoms with Crippen LogP contribution in [0.1, 0.15) is 31.1 Å². The van der Waals surface area contributed by atoms with Gasteiger partial charge in [-0.15, -0.1) is 22.9 Å². The van der Waals surface area contributed by atoms with E-state index in [0.717, 1.165) is 24.1 Å². The van der Waals surface area contributed by atoms with Crippen molar-refractivity contribution in [3.8, 4) is 0 Å². The van der Waals surface area contributed by atoms with Crippen LogP contribution in [0.25, 0.3) is 0 Å². The summed E-state index contributed by atoms with van der Waals surface area (Å²) in [5.74, 6) is 1.05. The number of hydrogen-bond donors (Lipinski definition) is 0. The molecule has 3 nitrogen and oxygen atoms in total. The lowest BCUT2D eigenvalue weighted by Gasteiger charge is -2.30. The topological polar surface area (TPSA) is 37.4 Å². The monoisotopic (exact) mass is 307 g/mol. The molecule has 6 heteroatoms. The fraction of sp³-hybridized carbons (Fsp3) is 0.667. The van der Waals surface area contributed by atoms with Gasteiger partial charge < -0.3 is 0 Å². The van der Waals surface area contributed by atoms with E-state index in [2.05, 4.69) is 6.92 Å². The third-order valence-electron chi connectivity index (χ3n) is 3.51. The Morgan fingerprint density at radius 3 is 2.56 bits per heavy atom. The molecule has 0 spiro atoms. The molecular weight excluding hydrogens is 290 g/mol. The van der Waals surface area contributed by atoms with Gasteiger partial charge in [0.1, 0.15) is 4.21 Å². The van der Waals surface area contributed by atoms with Gasteiger partial charge in [0.25, 0.3) is 10.0 Å². The molecule has 0 aliphatic carbocycles. The third kappa shape index (κ3) is 2.90. The number of rotatable bonds is 4. The lowest BCUT2D eigenvalue weighted by atomic mass is 9.96. The van der Waals surface area contributed by atoms with E-state index < -0.39 is 10.0 Å². The van der Waals surface area contributed by atoms with Gasteiger partial charge in [0.15, 0.2) is 0 Å². The average Bonchev–Trinajstić information content (AvgIpc) is 2.88. The van der Waals surface area contributed by atoms with Crippen LogP contribution in [0.5, 0.6) is 0 Å². The second-order valence-corrected chi connectivity index (χ2v) is 8.21. The predicted octanol–water partition coefficient (Wildman–Crippen LogP) is 3.30. The Morgan fingerprint density at radius 2 is 2.06 bits per heavy atom. The summed E-state index contributed by atoms with van der Waals surface area (Å²) >= 11 is 6.99. The first kappa shape index (κ1) is 14.3. The van der Waals surface area contributed by atoms with E-state index >= 15 is 0 Å². The van der Waals surface area contributed by atoms with Crippen molar-refractivity contribution in [2.24, 2.45) is 5.92 Å². The quantitative estimate of drug-likeness (QED) is 0.800. The molecule has 1 saturated heterocycles. The molecule has 1 aromatic heterocycles. The molecule has 0 amide bonds. The van der Waals surface area contributed by atoms with Crippen LogP contribution in [0.15, 0.2) is 16.3 Å². The zero-order chi connectivity index (χ0) is 13.2. The summed E-state index contributed by atoms with van der Waals surface area (Å²) in [5.41, 5.74) is 0. The predicted molar refractivity (Wildman–Crippen MR) is 75.6 cm³/mol. The molecule has 102 valence electrons. The first-order valence-electron chi connectivity index (χ1n) is 6.22. The SMILES string of the molecule is CCC1CCN(S(=O)(=O)c2ccc(CCl)s2)CC1. The molecule has 0 radical (unpaired) electrons. The number of thiophene rings is 1. The van der Waals surface area contributed by atoms with Crippen LogP contribution in [-0.4, -0.2) is 25.8 Å². The number of hydrogen-bond acceptors (Lipinski definition) is 3. The van der Waals surface area contributed by atoms with Gasteiger partial charge in [-0.1, -0.05) is 13.3 Å². The van der Waals surface area contributed by atoms with Crippen molar-refractivity contribution in [3.63, 3.8) is 0 Å². The average molecular weight is 308 g/mol. The van der Waals surface area contributed by atoms with E-state index in [1.165, 1.54) is 11.3 Å². The molecule has 0 aromatic carbocycles. The molecule has 2 heterocycles. The molecule has 0 atom stereocenters. The fourth-order valence-corrected chi connectivity index (χ4v) is 5.34. The van der Waals surface area contributed by atoms with Gasteiger partial charge in [-0.2, -0.15) is 4.31 Å². The minimum absolute atomic E-state index is 0.373. The molecule has 0 saturated carbocycles. The standard InChI is InChI=1S/C12H18ClNO2S2/c1-2-10-5-7-14(8-6-10)18(15,16)12-4-3-11(9-13)17-12/h3-4,10H,2,5-9H2,1H3. The van der Waals surface area contributed by atoms with E-state index in [-0.39, 0.29) is 0 Å².